The lowest BCUT2D eigenvalue weighted by molar-refractivity contribution is -0.146. The molecule has 2 N–H and O–H groups in total. The van der Waals surface area contributed by atoms with Gasteiger partial charge in [0.05, 0.1) is 23.1 Å². The van der Waals surface area contributed by atoms with Gasteiger partial charge in [0.1, 0.15) is 0 Å². The van der Waals surface area contributed by atoms with Crippen molar-refractivity contribution < 1.29 is 24.6 Å². The minimum Gasteiger partial charge on any atom is -0.481 e. The zero-order valence-corrected chi connectivity index (χ0v) is 18.1. The SMILES string of the molecule is O=C(O)[C@@H](CCN1C(=O)c2ccccc2C1=O)[C@H](O)CCc1ccc(-c2ccccc2)cc1. The van der Waals surface area contributed by atoms with Crippen LogP contribution in [0.15, 0.2) is 78.9 Å². The van der Waals surface area contributed by atoms with Gasteiger partial charge >= 0.3 is 5.97 Å². The highest BCUT2D eigenvalue weighted by Crippen LogP contribution is 2.25. The Labute approximate surface area is 192 Å². The van der Waals surface area contributed by atoms with Crippen LogP contribution in [-0.4, -0.2) is 45.5 Å². The number of carboxylic acid groups (broad SMARTS) is 1. The first-order valence-corrected chi connectivity index (χ1v) is 11.0. The number of imide groups is 1. The maximum Gasteiger partial charge on any atom is 0.309 e. The number of benzene rings is 3. The summed E-state index contributed by atoms with van der Waals surface area (Å²) >= 11 is 0. The summed E-state index contributed by atoms with van der Waals surface area (Å²) in [4.78, 5) is 37.8. The quantitative estimate of drug-likeness (QED) is 0.487. The molecular formula is C27H25NO5. The van der Waals surface area contributed by atoms with E-state index in [1.54, 1.807) is 24.3 Å². The summed E-state index contributed by atoms with van der Waals surface area (Å²) in [6, 6.07) is 24.5. The summed E-state index contributed by atoms with van der Waals surface area (Å²) in [7, 11) is 0. The van der Waals surface area contributed by atoms with Gasteiger partial charge in [0.25, 0.3) is 11.8 Å². The van der Waals surface area contributed by atoms with Crippen LogP contribution in [0.3, 0.4) is 0 Å². The number of carbonyl (C=O) groups excluding carboxylic acids is 2. The fourth-order valence-electron chi connectivity index (χ4n) is 4.20. The van der Waals surface area contributed by atoms with Crippen LogP contribution in [0.2, 0.25) is 0 Å². The van der Waals surface area contributed by atoms with Gasteiger partial charge in [-0.2, -0.15) is 0 Å². The summed E-state index contributed by atoms with van der Waals surface area (Å²) < 4.78 is 0. The third-order valence-corrected chi connectivity index (χ3v) is 6.11. The van der Waals surface area contributed by atoms with Gasteiger partial charge in [-0.25, -0.2) is 0 Å². The molecule has 3 aromatic carbocycles. The molecule has 2 atom stereocenters. The Morgan fingerprint density at radius 1 is 0.758 bits per heavy atom. The van der Waals surface area contributed by atoms with E-state index in [0.717, 1.165) is 21.6 Å². The van der Waals surface area contributed by atoms with Gasteiger partial charge in [-0.3, -0.25) is 19.3 Å². The van der Waals surface area contributed by atoms with E-state index < -0.39 is 29.8 Å². The van der Waals surface area contributed by atoms with Gasteiger partial charge in [0.15, 0.2) is 0 Å². The normalized spacial score (nSPS) is 14.8. The molecule has 0 saturated carbocycles. The predicted molar refractivity (Wildman–Crippen MR) is 124 cm³/mol. The average Bonchev–Trinajstić information content (AvgIpc) is 3.08. The minimum atomic E-state index is -1.14. The van der Waals surface area contributed by atoms with Crippen molar-refractivity contribution in [2.75, 3.05) is 6.54 Å². The topological polar surface area (TPSA) is 94.9 Å². The highest BCUT2D eigenvalue weighted by atomic mass is 16.4. The molecule has 1 aliphatic rings. The zero-order valence-electron chi connectivity index (χ0n) is 18.1. The number of fused-ring (bicyclic) bond motifs is 1. The van der Waals surface area contributed by atoms with Crippen molar-refractivity contribution in [1.29, 1.82) is 0 Å². The minimum absolute atomic E-state index is 0.00505. The molecule has 1 aliphatic heterocycles. The highest BCUT2D eigenvalue weighted by molar-refractivity contribution is 6.21. The monoisotopic (exact) mass is 443 g/mol. The number of carboxylic acids is 1. The van der Waals surface area contributed by atoms with Crippen LogP contribution in [0.1, 0.15) is 39.1 Å². The Morgan fingerprint density at radius 3 is 1.88 bits per heavy atom. The fraction of sp³-hybridized carbons (Fsp3) is 0.222. The first-order chi connectivity index (χ1) is 16.0. The molecule has 3 aromatic rings. The van der Waals surface area contributed by atoms with Gasteiger partial charge in [0.2, 0.25) is 0 Å². The second-order valence-electron chi connectivity index (χ2n) is 8.21. The van der Waals surface area contributed by atoms with E-state index in [-0.39, 0.29) is 19.4 Å². The molecule has 0 saturated heterocycles. The summed E-state index contributed by atoms with van der Waals surface area (Å²) in [5.41, 5.74) is 3.86. The highest BCUT2D eigenvalue weighted by Gasteiger charge is 2.36. The molecule has 1 heterocycles. The maximum absolute atomic E-state index is 12.5. The lowest BCUT2D eigenvalue weighted by Crippen LogP contribution is -2.36. The summed E-state index contributed by atoms with van der Waals surface area (Å²) in [6.45, 7) is -0.0495. The van der Waals surface area contributed by atoms with Crippen molar-refractivity contribution in [2.24, 2.45) is 5.92 Å². The Hall–Kier alpha value is -3.77. The largest absolute Gasteiger partial charge is 0.481 e. The number of carbonyl (C=O) groups is 3. The van der Waals surface area contributed by atoms with Crippen LogP contribution in [-0.2, 0) is 11.2 Å². The van der Waals surface area contributed by atoms with Crippen molar-refractivity contribution in [1.82, 2.24) is 4.90 Å². The number of aliphatic hydroxyl groups excluding tert-OH is 1. The molecule has 168 valence electrons. The van der Waals surface area contributed by atoms with Crippen molar-refractivity contribution in [3.05, 3.63) is 95.6 Å². The number of hydrogen-bond donors (Lipinski definition) is 2. The summed E-state index contributed by atoms with van der Waals surface area (Å²) in [5, 5.41) is 20.2. The molecule has 0 bridgehead atoms. The molecule has 4 rings (SSSR count). The molecule has 0 spiro atoms. The molecular weight excluding hydrogens is 418 g/mol. The summed E-state index contributed by atoms with van der Waals surface area (Å²) in [6.07, 6.45) is -0.308. The van der Waals surface area contributed by atoms with Crippen LogP contribution >= 0.6 is 0 Å². The maximum atomic E-state index is 12.5. The van der Waals surface area contributed by atoms with Crippen LogP contribution < -0.4 is 0 Å². The zero-order chi connectivity index (χ0) is 23.4. The molecule has 0 radical (unpaired) electrons. The Kier molecular flexibility index (Phi) is 6.66. The van der Waals surface area contributed by atoms with E-state index in [1.165, 1.54) is 0 Å². The molecule has 6 nitrogen and oxygen atoms in total. The smallest absolute Gasteiger partial charge is 0.309 e. The Balaban J connectivity index is 1.34. The van der Waals surface area contributed by atoms with E-state index in [1.807, 2.05) is 54.6 Å². The first kappa shape index (κ1) is 22.4. The molecule has 0 fully saturated rings. The third kappa shape index (κ3) is 4.86. The number of amides is 2. The van der Waals surface area contributed by atoms with Gasteiger partial charge in [0, 0.05) is 6.54 Å². The van der Waals surface area contributed by atoms with Gasteiger partial charge in [-0.15, -0.1) is 0 Å². The molecule has 2 amide bonds. The second kappa shape index (κ2) is 9.79. The number of nitrogens with zero attached hydrogens (tertiary/aromatic N) is 1. The van der Waals surface area contributed by atoms with Crippen LogP contribution in [0.5, 0.6) is 0 Å². The number of rotatable bonds is 9. The van der Waals surface area contributed by atoms with E-state index in [4.69, 9.17) is 0 Å². The van der Waals surface area contributed by atoms with E-state index >= 15 is 0 Å². The lowest BCUT2D eigenvalue weighted by atomic mass is 9.93. The Morgan fingerprint density at radius 2 is 1.30 bits per heavy atom. The summed E-state index contributed by atoms with van der Waals surface area (Å²) in [5.74, 6) is -3.06. The third-order valence-electron chi connectivity index (χ3n) is 6.11. The second-order valence-corrected chi connectivity index (χ2v) is 8.21. The molecule has 0 aromatic heterocycles. The molecule has 0 unspecified atom stereocenters. The van der Waals surface area contributed by atoms with Crippen LogP contribution in [0.4, 0.5) is 0 Å². The van der Waals surface area contributed by atoms with E-state index in [0.29, 0.717) is 17.5 Å². The molecule has 6 heteroatoms. The average molecular weight is 443 g/mol. The van der Waals surface area contributed by atoms with Crippen LogP contribution in [0.25, 0.3) is 11.1 Å². The van der Waals surface area contributed by atoms with Crippen LogP contribution in [0, 0.1) is 5.92 Å². The van der Waals surface area contributed by atoms with Crippen molar-refractivity contribution in [3.63, 3.8) is 0 Å². The molecule has 33 heavy (non-hydrogen) atoms. The van der Waals surface area contributed by atoms with Crippen molar-refractivity contribution >= 4 is 17.8 Å². The van der Waals surface area contributed by atoms with E-state index in [9.17, 15) is 24.6 Å². The Bertz CT molecular complexity index is 1120. The van der Waals surface area contributed by atoms with E-state index in [2.05, 4.69) is 0 Å². The number of hydrogen-bond acceptors (Lipinski definition) is 4. The number of aliphatic carboxylic acids is 1. The van der Waals surface area contributed by atoms with Gasteiger partial charge in [-0.1, -0.05) is 66.7 Å². The van der Waals surface area contributed by atoms with Crippen molar-refractivity contribution in [3.8, 4) is 11.1 Å². The first-order valence-electron chi connectivity index (χ1n) is 11.0. The fourth-order valence-corrected chi connectivity index (χ4v) is 4.20. The standard InChI is InChI=1S/C27H25NO5/c29-24(15-12-18-10-13-20(14-11-18)19-6-2-1-3-7-19)23(27(32)33)16-17-28-25(30)21-8-4-5-9-22(21)26(28)31/h1-11,13-14,23-24,29H,12,15-17H2,(H,32,33)/t23-,24+/m0/s1. The number of aliphatic hydroxyl groups is 1. The molecule has 0 aliphatic carbocycles. The van der Waals surface area contributed by atoms with Gasteiger partial charge < -0.3 is 10.2 Å². The van der Waals surface area contributed by atoms with Crippen molar-refractivity contribution in [2.45, 2.75) is 25.4 Å². The number of aryl methyl sites for hydroxylation is 1. The lowest BCUT2D eigenvalue weighted by Gasteiger charge is -2.22. The predicted octanol–water partition coefficient (Wildman–Crippen LogP) is 4.03. The van der Waals surface area contributed by atoms with Gasteiger partial charge in [-0.05, 0) is 48.1 Å².